The Morgan fingerprint density at radius 1 is 1.24 bits per heavy atom. The Kier molecular flexibility index (Phi) is 3.55. The lowest BCUT2D eigenvalue weighted by atomic mass is 10.2. The molecule has 0 bridgehead atoms. The predicted molar refractivity (Wildman–Crippen MR) is 67.1 cm³/mol. The number of aromatic nitrogens is 2. The standard InChI is InChI=1S/C13H15N3O/c1-10-8-12(5-7-14-10)16-9-11-4-3-6-15-13(11)17-2/h3-8H,9H2,1-2H3,(H,14,16). The monoisotopic (exact) mass is 229 g/mol. The normalized spacial score (nSPS) is 10.0. The van der Waals surface area contributed by atoms with E-state index in [1.165, 1.54) is 0 Å². The van der Waals surface area contributed by atoms with Gasteiger partial charge in [0, 0.05) is 35.9 Å². The zero-order chi connectivity index (χ0) is 12.1. The SMILES string of the molecule is COc1ncccc1CNc1ccnc(C)c1. The highest BCUT2D eigenvalue weighted by atomic mass is 16.5. The lowest BCUT2D eigenvalue weighted by Gasteiger charge is -2.09. The third-order valence-electron chi connectivity index (χ3n) is 2.42. The number of rotatable bonds is 4. The van der Waals surface area contributed by atoms with Gasteiger partial charge in [0.15, 0.2) is 0 Å². The fourth-order valence-electron chi connectivity index (χ4n) is 1.60. The number of hydrogen-bond acceptors (Lipinski definition) is 4. The van der Waals surface area contributed by atoms with E-state index in [1.54, 1.807) is 19.5 Å². The molecular formula is C13H15N3O. The molecule has 0 amide bonds. The van der Waals surface area contributed by atoms with Gasteiger partial charge >= 0.3 is 0 Å². The molecule has 88 valence electrons. The summed E-state index contributed by atoms with van der Waals surface area (Å²) in [5, 5.41) is 3.32. The summed E-state index contributed by atoms with van der Waals surface area (Å²) in [4.78, 5) is 8.30. The van der Waals surface area contributed by atoms with Crippen LogP contribution < -0.4 is 10.1 Å². The molecule has 0 fully saturated rings. The van der Waals surface area contributed by atoms with Crippen molar-refractivity contribution >= 4 is 5.69 Å². The van der Waals surface area contributed by atoms with Crippen LogP contribution in [0.2, 0.25) is 0 Å². The molecule has 1 N–H and O–H groups in total. The van der Waals surface area contributed by atoms with Gasteiger partial charge in [0.1, 0.15) is 0 Å². The fourth-order valence-corrected chi connectivity index (χ4v) is 1.60. The first-order chi connectivity index (χ1) is 8.29. The van der Waals surface area contributed by atoms with Gasteiger partial charge in [-0.3, -0.25) is 4.98 Å². The molecule has 2 rings (SSSR count). The van der Waals surface area contributed by atoms with Crippen LogP contribution in [0, 0.1) is 6.92 Å². The molecule has 0 saturated carbocycles. The maximum absolute atomic E-state index is 5.19. The Morgan fingerprint density at radius 3 is 2.88 bits per heavy atom. The van der Waals surface area contributed by atoms with Crippen molar-refractivity contribution in [3.8, 4) is 5.88 Å². The van der Waals surface area contributed by atoms with Gasteiger partial charge in [0.2, 0.25) is 5.88 Å². The first-order valence-electron chi connectivity index (χ1n) is 5.44. The second-order valence-electron chi connectivity index (χ2n) is 3.71. The molecule has 2 aromatic rings. The quantitative estimate of drug-likeness (QED) is 0.874. The van der Waals surface area contributed by atoms with Crippen molar-refractivity contribution in [3.05, 3.63) is 47.9 Å². The molecule has 0 radical (unpaired) electrons. The fraction of sp³-hybridized carbons (Fsp3) is 0.231. The molecule has 2 heterocycles. The van der Waals surface area contributed by atoms with Crippen LogP contribution in [0.1, 0.15) is 11.3 Å². The molecular weight excluding hydrogens is 214 g/mol. The Labute approximate surface area is 101 Å². The molecule has 0 unspecified atom stereocenters. The van der Waals surface area contributed by atoms with Crippen molar-refractivity contribution in [1.82, 2.24) is 9.97 Å². The minimum Gasteiger partial charge on any atom is -0.481 e. The zero-order valence-corrected chi connectivity index (χ0v) is 9.97. The van der Waals surface area contributed by atoms with Gasteiger partial charge in [-0.2, -0.15) is 0 Å². The van der Waals surface area contributed by atoms with Crippen molar-refractivity contribution < 1.29 is 4.74 Å². The van der Waals surface area contributed by atoms with Crippen LogP contribution in [0.25, 0.3) is 0 Å². The van der Waals surface area contributed by atoms with Gasteiger partial charge < -0.3 is 10.1 Å². The van der Waals surface area contributed by atoms with Gasteiger partial charge in [-0.15, -0.1) is 0 Å². The largest absolute Gasteiger partial charge is 0.481 e. The van der Waals surface area contributed by atoms with Gasteiger partial charge in [-0.1, -0.05) is 6.07 Å². The molecule has 4 nitrogen and oxygen atoms in total. The van der Waals surface area contributed by atoms with Gasteiger partial charge in [-0.25, -0.2) is 4.98 Å². The summed E-state index contributed by atoms with van der Waals surface area (Å²) in [7, 11) is 1.63. The number of aryl methyl sites for hydroxylation is 1. The molecule has 0 spiro atoms. The van der Waals surface area contributed by atoms with Crippen molar-refractivity contribution in [2.75, 3.05) is 12.4 Å². The Balaban J connectivity index is 2.07. The molecule has 4 heteroatoms. The summed E-state index contributed by atoms with van der Waals surface area (Å²) < 4.78 is 5.19. The summed E-state index contributed by atoms with van der Waals surface area (Å²) in [6, 6.07) is 7.84. The lowest BCUT2D eigenvalue weighted by molar-refractivity contribution is 0.393. The topological polar surface area (TPSA) is 47.0 Å². The summed E-state index contributed by atoms with van der Waals surface area (Å²) in [5.41, 5.74) is 3.07. The van der Waals surface area contributed by atoms with E-state index in [-0.39, 0.29) is 0 Å². The average molecular weight is 229 g/mol. The molecule has 0 aliphatic rings. The van der Waals surface area contributed by atoms with E-state index >= 15 is 0 Å². The van der Waals surface area contributed by atoms with Crippen LogP contribution in [0.5, 0.6) is 5.88 Å². The van der Waals surface area contributed by atoms with E-state index in [9.17, 15) is 0 Å². The zero-order valence-electron chi connectivity index (χ0n) is 9.97. The van der Waals surface area contributed by atoms with E-state index in [1.807, 2.05) is 31.2 Å². The van der Waals surface area contributed by atoms with Crippen LogP contribution in [0.3, 0.4) is 0 Å². The van der Waals surface area contributed by atoms with E-state index in [4.69, 9.17) is 4.74 Å². The summed E-state index contributed by atoms with van der Waals surface area (Å²) >= 11 is 0. The Morgan fingerprint density at radius 2 is 2.12 bits per heavy atom. The van der Waals surface area contributed by atoms with Gasteiger partial charge in [0.25, 0.3) is 0 Å². The molecule has 0 aromatic carbocycles. The van der Waals surface area contributed by atoms with Crippen molar-refractivity contribution in [2.45, 2.75) is 13.5 Å². The van der Waals surface area contributed by atoms with Crippen molar-refractivity contribution in [1.29, 1.82) is 0 Å². The predicted octanol–water partition coefficient (Wildman–Crippen LogP) is 2.41. The van der Waals surface area contributed by atoms with Crippen LogP contribution >= 0.6 is 0 Å². The third kappa shape index (κ3) is 2.93. The minimum absolute atomic E-state index is 0.658. The highest BCUT2D eigenvalue weighted by Crippen LogP contribution is 2.16. The highest BCUT2D eigenvalue weighted by Gasteiger charge is 2.02. The van der Waals surface area contributed by atoms with Crippen LogP contribution in [0.4, 0.5) is 5.69 Å². The van der Waals surface area contributed by atoms with E-state index < -0.39 is 0 Å². The van der Waals surface area contributed by atoms with Crippen molar-refractivity contribution in [3.63, 3.8) is 0 Å². The minimum atomic E-state index is 0.658. The molecule has 17 heavy (non-hydrogen) atoms. The van der Waals surface area contributed by atoms with E-state index in [0.717, 1.165) is 16.9 Å². The Bertz CT molecular complexity index is 500. The summed E-state index contributed by atoms with van der Waals surface area (Å²) in [6.07, 6.45) is 3.51. The second kappa shape index (κ2) is 5.30. The number of anilines is 1. The number of pyridine rings is 2. The maximum atomic E-state index is 5.19. The highest BCUT2D eigenvalue weighted by molar-refractivity contribution is 5.44. The summed E-state index contributed by atoms with van der Waals surface area (Å²) in [6.45, 7) is 2.65. The van der Waals surface area contributed by atoms with Crippen molar-refractivity contribution in [2.24, 2.45) is 0 Å². The van der Waals surface area contributed by atoms with Gasteiger partial charge in [0.05, 0.1) is 7.11 Å². The number of nitrogens with zero attached hydrogens (tertiary/aromatic N) is 2. The average Bonchev–Trinajstić information content (AvgIpc) is 2.37. The van der Waals surface area contributed by atoms with Crippen LogP contribution in [-0.2, 0) is 6.54 Å². The Hall–Kier alpha value is -2.10. The molecule has 0 saturated heterocycles. The lowest BCUT2D eigenvalue weighted by Crippen LogP contribution is -2.03. The smallest absolute Gasteiger partial charge is 0.218 e. The number of hydrogen-bond donors (Lipinski definition) is 1. The van der Waals surface area contributed by atoms with Crippen LogP contribution in [-0.4, -0.2) is 17.1 Å². The molecule has 2 aromatic heterocycles. The number of methoxy groups -OCH3 is 1. The number of ether oxygens (including phenoxy) is 1. The summed E-state index contributed by atoms with van der Waals surface area (Å²) in [5.74, 6) is 0.658. The van der Waals surface area contributed by atoms with E-state index in [0.29, 0.717) is 12.4 Å². The molecule has 0 aliphatic carbocycles. The third-order valence-corrected chi connectivity index (χ3v) is 2.42. The first-order valence-corrected chi connectivity index (χ1v) is 5.44. The maximum Gasteiger partial charge on any atom is 0.218 e. The van der Waals surface area contributed by atoms with Crippen LogP contribution in [0.15, 0.2) is 36.7 Å². The molecule has 0 atom stereocenters. The number of nitrogens with one attached hydrogen (secondary N) is 1. The molecule has 0 aliphatic heterocycles. The van der Waals surface area contributed by atoms with Gasteiger partial charge in [-0.05, 0) is 25.1 Å². The van der Waals surface area contributed by atoms with E-state index in [2.05, 4.69) is 15.3 Å². The second-order valence-corrected chi connectivity index (χ2v) is 3.71. The first kappa shape index (κ1) is 11.4.